The Morgan fingerprint density at radius 3 is 2.71 bits per heavy atom. The molecule has 0 spiro atoms. The Morgan fingerprint density at radius 2 is 1.97 bits per heavy atom. The van der Waals surface area contributed by atoms with Crippen LogP contribution in [0.4, 0.5) is 5.69 Å². The van der Waals surface area contributed by atoms with Gasteiger partial charge in [-0.2, -0.15) is 0 Å². The predicted molar refractivity (Wildman–Crippen MR) is 144 cm³/mol. The molecule has 2 heterocycles. The summed E-state index contributed by atoms with van der Waals surface area (Å²) in [5, 5.41) is 4.46. The summed E-state index contributed by atoms with van der Waals surface area (Å²) in [4.78, 5) is 33.3. The van der Waals surface area contributed by atoms with Crippen molar-refractivity contribution in [2.75, 3.05) is 11.1 Å². The van der Waals surface area contributed by atoms with E-state index in [9.17, 15) is 9.59 Å². The van der Waals surface area contributed by atoms with Crippen LogP contribution >= 0.6 is 23.1 Å². The zero-order valence-corrected chi connectivity index (χ0v) is 22.1. The van der Waals surface area contributed by atoms with Crippen molar-refractivity contribution < 1.29 is 4.79 Å². The lowest BCUT2D eigenvalue weighted by Gasteiger charge is -2.14. The molecule has 5 nitrogen and oxygen atoms in total. The number of hydrogen-bond acceptors (Lipinski definition) is 5. The number of carbonyl (C=O) groups excluding carboxylic acids is 1. The number of thioether (sulfide) groups is 1. The lowest BCUT2D eigenvalue weighted by molar-refractivity contribution is -0.113. The van der Waals surface area contributed by atoms with Crippen LogP contribution < -0.4 is 10.9 Å². The molecule has 182 valence electrons. The van der Waals surface area contributed by atoms with E-state index < -0.39 is 0 Å². The Kier molecular flexibility index (Phi) is 8.48. The molecular weight excluding hydrogens is 462 g/mol. The maximum Gasteiger partial charge on any atom is 0.263 e. The number of aryl methyl sites for hydroxylation is 3. The molecule has 2 aromatic heterocycles. The van der Waals surface area contributed by atoms with Gasteiger partial charge in [-0.05, 0) is 74.1 Å². The van der Waals surface area contributed by atoms with E-state index in [2.05, 4.69) is 38.2 Å². The second-order valence-corrected chi connectivity index (χ2v) is 11.6. The molecule has 1 amide bonds. The second kappa shape index (κ2) is 11.5. The van der Waals surface area contributed by atoms with Gasteiger partial charge < -0.3 is 5.32 Å². The van der Waals surface area contributed by atoms with Crippen LogP contribution in [0.3, 0.4) is 0 Å². The van der Waals surface area contributed by atoms with Gasteiger partial charge >= 0.3 is 0 Å². The van der Waals surface area contributed by atoms with Gasteiger partial charge in [0.05, 0.1) is 11.1 Å². The third-order valence-corrected chi connectivity index (χ3v) is 8.52. The van der Waals surface area contributed by atoms with Crippen molar-refractivity contribution in [1.29, 1.82) is 0 Å². The minimum absolute atomic E-state index is 0.0654. The molecule has 0 saturated heterocycles. The highest BCUT2D eigenvalue weighted by Gasteiger charge is 2.22. The van der Waals surface area contributed by atoms with Crippen molar-refractivity contribution in [3.8, 4) is 0 Å². The molecule has 1 N–H and O–H groups in total. The van der Waals surface area contributed by atoms with Gasteiger partial charge in [0.25, 0.3) is 5.56 Å². The average molecular weight is 498 g/mol. The van der Waals surface area contributed by atoms with Crippen LogP contribution in [0, 0.1) is 5.92 Å². The van der Waals surface area contributed by atoms with Crippen LogP contribution in [0.2, 0.25) is 0 Å². The van der Waals surface area contributed by atoms with E-state index in [1.807, 2.05) is 16.7 Å². The number of benzene rings is 1. The van der Waals surface area contributed by atoms with Gasteiger partial charge in [-0.25, -0.2) is 4.98 Å². The molecule has 1 aromatic carbocycles. The zero-order valence-electron chi connectivity index (χ0n) is 20.5. The minimum atomic E-state index is -0.0819. The Balaban J connectivity index is 1.51. The number of nitrogens with one attached hydrogen (secondary N) is 1. The van der Waals surface area contributed by atoms with Crippen molar-refractivity contribution in [2.24, 2.45) is 5.92 Å². The molecule has 0 bridgehead atoms. The van der Waals surface area contributed by atoms with Crippen LogP contribution in [-0.2, 0) is 30.6 Å². The Morgan fingerprint density at radius 1 is 1.21 bits per heavy atom. The van der Waals surface area contributed by atoms with E-state index in [-0.39, 0.29) is 17.2 Å². The van der Waals surface area contributed by atoms with Crippen molar-refractivity contribution in [3.05, 3.63) is 50.6 Å². The summed E-state index contributed by atoms with van der Waals surface area (Å²) in [5.41, 5.74) is 3.38. The fourth-order valence-electron chi connectivity index (χ4n) is 4.38. The van der Waals surface area contributed by atoms with E-state index >= 15 is 0 Å². The third kappa shape index (κ3) is 5.92. The summed E-state index contributed by atoms with van der Waals surface area (Å²) in [6.45, 7) is 7.15. The molecule has 7 heteroatoms. The van der Waals surface area contributed by atoms with Crippen molar-refractivity contribution >= 4 is 44.9 Å². The number of fused-ring (bicyclic) bond motifs is 3. The molecule has 3 aromatic rings. The molecule has 0 fully saturated rings. The first-order chi connectivity index (χ1) is 16.5. The van der Waals surface area contributed by atoms with Gasteiger partial charge in [-0.15, -0.1) is 11.3 Å². The quantitative estimate of drug-likeness (QED) is 0.258. The standard InChI is InChI=1S/C27H35N3O2S2/c1-4-5-8-19-11-13-20(14-12-19)28-23(31)17-33-27-29-25-24(21-9-6-7-10-22(21)34-25)26(32)30(27)16-15-18(2)3/h11-14,18H,4-10,15-17H2,1-3H3,(H,28,31). The number of amides is 1. The maximum atomic E-state index is 13.6. The van der Waals surface area contributed by atoms with E-state index in [4.69, 9.17) is 4.98 Å². The molecule has 0 unspecified atom stereocenters. The first-order valence-corrected chi connectivity index (χ1v) is 14.3. The highest BCUT2D eigenvalue weighted by Crippen LogP contribution is 2.34. The van der Waals surface area contributed by atoms with Gasteiger partial charge in [0, 0.05) is 17.1 Å². The molecule has 4 rings (SSSR count). The molecular formula is C27H35N3O2S2. The van der Waals surface area contributed by atoms with E-state index in [1.54, 1.807) is 11.3 Å². The number of thiophene rings is 1. The first-order valence-electron chi connectivity index (χ1n) is 12.5. The van der Waals surface area contributed by atoms with E-state index in [1.165, 1.54) is 47.0 Å². The van der Waals surface area contributed by atoms with Crippen LogP contribution in [0.1, 0.15) is 68.9 Å². The Bertz CT molecular complexity index is 1200. The van der Waals surface area contributed by atoms with Crippen LogP contribution in [0.25, 0.3) is 10.2 Å². The fourth-order valence-corrected chi connectivity index (χ4v) is 6.51. The normalized spacial score (nSPS) is 13.4. The first kappa shape index (κ1) is 25.0. The highest BCUT2D eigenvalue weighted by atomic mass is 32.2. The van der Waals surface area contributed by atoms with Gasteiger partial charge in [-0.1, -0.05) is 51.1 Å². The SMILES string of the molecule is CCCCc1ccc(NC(=O)CSc2nc3sc4c(c3c(=O)n2CCC(C)C)CCCC4)cc1. The van der Waals surface area contributed by atoms with Crippen LogP contribution in [-0.4, -0.2) is 21.2 Å². The summed E-state index contributed by atoms with van der Waals surface area (Å²) in [5.74, 6) is 0.629. The summed E-state index contributed by atoms with van der Waals surface area (Å²) in [7, 11) is 0. The van der Waals surface area contributed by atoms with Crippen molar-refractivity contribution in [2.45, 2.75) is 83.8 Å². The van der Waals surface area contributed by atoms with E-state index in [0.29, 0.717) is 17.6 Å². The maximum absolute atomic E-state index is 13.6. The topological polar surface area (TPSA) is 64.0 Å². The van der Waals surface area contributed by atoms with E-state index in [0.717, 1.165) is 48.0 Å². The molecule has 34 heavy (non-hydrogen) atoms. The summed E-state index contributed by atoms with van der Waals surface area (Å²) in [6.07, 6.45) is 8.66. The number of rotatable bonds is 10. The van der Waals surface area contributed by atoms with Crippen LogP contribution in [0.5, 0.6) is 0 Å². The highest BCUT2D eigenvalue weighted by molar-refractivity contribution is 7.99. The summed E-state index contributed by atoms with van der Waals surface area (Å²) < 4.78 is 1.81. The molecule has 0 radical (unpaired) electrons. The zero-order chi connectivity index (χ0) is 24.1. The Hall–Kier alpha value is -2.12. The summed E-state index contributed by atoms with van der Waals surface area (Å²) in [6, 6.07) is 8.09. The number of aromatic nitrogens is 2. The Labute approximate surface area is 210 Å². The monoisotopic (exact) mass is 497 g/mol. The smallest absolute Gasteiger partial charge is 0.263 e. The molecule has 1 aliphatic rings. The number of hydrogen-bond donors (Lipinski definition) is 1. The van der Waals surface area contributed by atoms with Gasteiger partial charge in [0.2, 0.25) is 5.91 Å². The van der Waals surface area contributed by atoms with Crippen molar-refractivity contribution in [3.63, 3.8) is 0 Å². The number of carbonyl (C=O) groups is 1. The van der Waals surface area contributed by atoms with Gasteiger partial charge in [0.15, 0.2) is 5.16 Å². The molecule has 0 atom stereocenters. The lowest BCUT2D eigenvalue weighted by Crippen LogP contribution is -2.25. The minimum Gasteiger partial charge on any atom is -0.325 e. The average Bonchev–Trinajstić information content (AvgIpc) is 3.20. The van der Waals surface area contributed by atoms with Crippen LogP contribution in [0.15, 0.2) is 34.2 Å². The number of unbranched alkanes of at least 4 members (excludes halogenated alkanes) is 1. The predicted octanol–water partition coefficient (Wildman–Crippen LogP) is 6.46. The van der Waals surface area contributed by atoms with Gasteiger partial charge in [0.1, 0.15) is 4.83 Å². The molecule has 0 saturated carbocycles. The number of nitrogens with zero attached hydrogens (tertiary/aromatic N) is 2. The summed E-state index contributed by atoms with van der Waals surface area (Å²) >= 11 is 3.03. The number of anilines is 1. The van der Waals surface area contributed by atoms with Crippen molar-refractivity contribution in [1.82, 2.24) is 9.55 Å². The largest absolute Gasteiger partial charge is 0.325 e. The fraction of sp³-hybridized carbons (Fsp3) is 0.519. The van der Waals surface area contributed by atoms with Gasteiger partial charge in [-0.3, -0.25) is 14.2 Å². The second-order valence-electron chi connectivity index (χ2n) is 9.56. The molecule has 1 aliphatic carbocycles. The molecule has 0 aliphatic heterocycles. The lowest BCUT2D eigenvalue weighted by atomic mass is 9.97. The third-order valence-electron chi connectivity index (χ3n) is 6.36.